The van der Waals surface area contributed by atoms with Crippen molar-refractivity contribution in [2.75, 3.05) is 17.9 Å². The van der Waals surface area contributed by atoms with Gasteiger partial charge in [-0.2, -0.15) is 11.8 Å². The normalized spacial score (nSPS) is 12.5. The highest BCUT2D eigenvalue weighted by Gasteiger charge is 2.26. The highest BCUT2D eigenvalue weighted by atomic mass is 33.5. The molecule has 0 aliphatic carbocycles. The molecule has 0 aliphatic heterocycles. The van der Waals surface area contributed by atoms with Gasteiger partial charge in [0.25, 0.3) is 0 Å². The molecule has 0 spiro atoms. The highest BCUT2D eigenvalue weighted by molar-refractivity contribution is 9.23. The third-order valence-electron chi connectivity index (χ3n) is 6.36. The highest BCUT2D eigenvalue weighted by Crippen LogP contribution is 2.80. The number of carbonyl (C=O) groups excluding carboxylic acids is 1. The summed E-state index contributed by atoms with van der Waals surface area (Å²) in [5.41, 5.74) is 5.11. The first-order valence-corrected chi connectivity index (χ1v) is 30.8. The summed E-state index contributed by atoms with van der Waals surface area (Å²) < 4.78 is -3.84. The van der Waals surface area contributed by atoms with Crippen molar-refractivity contribution >= 4 is 117 Å². The van der Waals surface area contributed by atoms with Crippen LogP contribution in [-0.2, 0) is 51.4 Å². The van der Waals surface area contributed by atoms with Gasteiger partial charge >= 0.3 is 0 Å². The van der Waals surface area contributed by atoms with E-state index in [1.54, 1.807) is 23.1 Å². The van der Waals surface area contributed by atoms with Gasteiger partial charge in [0, 0.05) is 28.8 Å². The van der Waals surface area contributed by atoms with Crippen LogP contribution < -0.4 is 5.32 Å². The predicted octanol–water partition coefficient (Wildman–Crippen LogP) is 12.4. The van der Waals surface area contributed by atoms with Gasteiger partial charge in [0.2, 0.25) is 5.91 Å². The van der Waals surface area contributed by atoms with Crippen LogP contribution in [0.2, 0.25) is 0 Å². The second kappa shape index (κ2) is 21.3. The monoisotopic (exact) mass is 813 g/mol. The molecule has 244 valence electrons. The lowest BCUT2D eigenvalue weighted by Crippen LogP contribution is -2.33. The first-order valence-electron chi connectivity index (χ1n) is 14.4. The molecule has 46 heavy (non-hydrogen) atoms. The molecule has 0 aromatic heterocycles. The van der Waals surface area contributed by atoms with Crippen LogP contribution in [0.1, 0.15) is 22.3 Å². The van der Waals surface area contributed by atoms with E-state index in [9.17, 15) is 4.79 Å². The molecule has 0 saturated carbocycles. The van der Waals surface area contributed by atoms with Crippen LogP contribution in [0.15, 0.2) is 121 Å². The molecule has 1 N–H and O–H groups in total. The minimum absolute atomic E-state index is 0.0674. The second-order valence-electron chi connectivity index (χ2n) is 9.77. The molecule has 0 bridgehead atoms. The SMILES string of the molecule is CSC(CSP(=S)(SCc1ccccc1)SCc1ccccc1)C(=O)NCSP(=S)(SCc1ccccc1)SCc1ccccc1. The summed E-state index contributed by atoms with van der Waals surface area (Å²) >= 11 is 25.3. The maximum atomic E-state index is 13.5. The molecule has 0 radical (unpaired) electrons. The number of benzene rings is 4. The van der Waals surface area contributed by atoms with Crippen LogP contribution in [0, 0.1) is 0 Å². The van der Waals surface area contributed by atoms with Gasteiger partial charge < -0.3 is 5.32 Å². The molecule has 0 aliphatic rings. The third-order valence-corrected chi connectivity index (χ3v) is 37.2. The van der Waals surface area contributed by atoms with Gasteiger partial charge in [-0.1, -0.05) is 202 Å². The van der Waals surface area contributed by atoms with Gasteiger partial charge in [0.1, 0.15) is 7.29 Å². The maximum absolute atomic E-state index is 13.5. The first-order chi connectivity index (χ1) is 22.4. The zero-order chi connectivity index (χ0) is 32.5. The summed E-state index contributed by atoms with van der Waals surface area (Å²) in [6.07, 6.45) is 2.02. The fraction of sp³-hybridized carbons (Fsp3) is 0.242. The van der Waals surface area contributed by atoms with E-state index >= 15 is 0 Å². The van der Waals surface area contributed by atoms with E-state index in [0.29, 0.717) is 11.6 Å². The van der Waals surface area contributed by atoms with E-state index in [1.807, 2.05) is 87.4 Å². The van der Waals surface area contributed by atoms with Crippen molar-refractivity contribution in [2.45, 2.75) is 28.3 Å². The summed E-state index contributed by atoms with van der Waals surface area (Å²) in [5, 5.41) is 3.05. The third kappa shape index (κ3) is 14.5. The smallest absolute Gasteiger partial charge is 0.234 e. The topological polar surface area (TPSA) is 29.1 Å². The first kappa shape index (κ1) is 38.9. The van der Waals surface area contributed by atoms with Crippen LogP contribution in [0.5, 0.6) is 0 Å². The Kier molecular flexibility index (Phi) is 18.0. The summed E-state index contributed by atoms with van der Waals surface area (Å²) in [7, 11) is 0. The Morgan fingerprint density at radius 2 is 0.891 bits per heavy atom. The largest absolute Gasteiger partial charge is 0.346 e. The average molecular weight is 814 g/mol. The number of hydrogen-bond acceptors (Lipinski definition) is 10. The molecule has 2 nitrogen and oxygen atoms in total. The Bertz CT molecular complexity index is 1460. The second-order valence-corrected chi connectivity index (χ2v) is 42.0. The number of nitrogens with one attached hydrogen (secondary N) is 1. The number of rotatable bonds is 20. The van der Waals surface area contributed by atoms with Crippen molar-refractivity contribution in [3.05, 3.63) is 144 Å². The number of amides is 1. The van der Waals surface area contributed by atoms with Gasteiger partial charge in [0.05, 0.1) is 11.1 Å². The van der Waals surface area contributed by atoms with Crippen molar-refractivity contribution in [3.8, 4) is 0 Å². The van der Waals surface area contributed by atoms with Crippen molar-refractivity contribution in [2.24, 2.45) is 0 Å². The van der Waals surface area contributed by atoms with Gasteiger partial charge in [-0.15, -0.1) is 11.4 Å². The zero-order valence-electron chi connectivity index (χ0n) is 25.3. The van der Waals surface area contributed by atoms with Crippen LogP contribution in [0.4, 0.5) is 0 Å². The molecular formula is C33H37NOP2S9. The van der Waals surface area contributed by atoms with Gasteiger partial charge in [0.15, 0.2) is 0 Å². The molecule has 1 atom stereocenters. The lowest BCUT2D eigenvalue weighted by molar-refractivity contribution is -0.119. The lowest BCUT2D eigenvalue weighted by atomic mass is 10.2. The van der Waals surface area contributed by atoms with Gasteiger partial charge in [-0.05, 0) is 28.5 Å². The number of thioether (sulfide) groups is 1. The zero-order valence-corrected chi connectivity index (χ0v) is 34.5. The minimum Gasteiger partial charge on any atom is -0.346 e. The molecule has 4 aromatic carbocycles. The van der Waals surface area contributed by atoms with Crippen LogP contribution in [0.3, 0.4) is 0 Å². The Labute approximate surface area is 313 Å². The van der Waals surface area contributed by atoms with E-state index in [1.165, 1.54) is 22.3 Å². The Balaban J connectivity index is 1.33. The molecule has 4 rings (SSSR count). The van der Waals surface area contributed by atoms with Crippen molar-refractivity contribution in [1.82, 2.24) is 5.32 Å². The Hall–Kier alpha value is 0.100. The number of carbonyl (C=O) groups is 1. The fourth-order valence-corrected chi connectivity index (χ4v) is 27.9. The molecule has 13 heteroatoms. The summed E-state index contributed by atoms with van der Waals surface area (Å²) in [5.74, 6) is 4.78. The van der Waals surface area contributed by atoms with E-state index in [4.69, 9.17) is 23.6 Å². The van der Waals surface area contributed by atoms with E-state index in [2.05, 4.69) is 102 Å². The maximum Gasteiger partial charge on any atom is 0.234 e. The van der Waals surface area contributed by atoms with E-state index < -0.39 is 7.29 Å². The molecule has 1 unspecified atom stereocenters. The van der Waals surface area contributed by atoms with E-state index in [-0.39, 0.29) is 11.2 Å². The summed E-state index contributed by atoms with van der Waals surface area (Å²) in [4.78, 5) is 13.5. The quantitative estimate of drug-likeness (QED) is 0.0687. The Morgan fingerprint density at radius 1 is 0.565 bits per heavy atom. The summed E-state index contributed by atoms with van der Waals surface area (Å²) in [6, 6.07) is 42.0. The van der Waals surface area contributed by atoms with Crippen molar-refractivity contribution in [3.63, 3.8) is 0 Å². The van der Waals surface area contributed by atoms with Crippen LogP contribution >= 0.6 is 87.3 Å². The van der Waals surface area contributed by atoms with E-state index in [0.717, 1.165) is 23.0 Å². The van der Waals surface area contributed by atoms with Crippen molar-refractivity contribution < 1.29 is 4.79 Å². The Morgan fingerprint density at radius 3 is 1.22 bits per heavy atom. The van der Waals surface area contributed by atoms with Gasteiger partial charge in [-0.3, -0.25) is 4.79 Å². The van der Waals surface area contributed by atoms with Crippen molar-refractivity contribution in [1.29, 1.82) is 0 Å². The molecule has 0 heterocycles. The molecule has 1 amide bonds. The molecule has 0 fully saturated rings. The minimum atomic E-state index is -1.93. The molecule has 0 saturated heterocycles. The lowest BCUT2D eigenvalue weighted by Gasteiger charge is -2.24. The van der Waals surface area contributed by atoms with Crippen LogP contribution in [0.25, 0.3) is 0 Å². The standard InChI is InChI=1S/C33H37NOP2S9/c1-40-32(26-45-36(38,41-22-28-14-6-2-7-15-28)42-23-29-16-8-3-9-17-29)33(35)34-27-46-37(39,43-24-30-18-10-4-11-19-30)44-25-31-20-12-5-13-21-31/h2-21,32H,22-27H2,1H3,(H,34,35). The summed E-state index contributed by atoms with van der Waals surface area (Å²) in [6.45, 7) is 0. The van der Waals surface area contributed by atoms with Gasteiger partial charge in [-0.25, -0.2) is 0 Å². The number of hydrogen-bond donors (Lipinski definition) is 1. The average Bonchev–Trinajstić information content (AvgIpc) is 3.10. The predicted molar refractivity (Wildman–Crippen MR) is 230 cm³/mol. The molecular weight excluding hydrogens is 777 g/mol. The molecule has 4 aromatic rings. The van der Waals surface area contributed by atoms with Crippen LogP contribution in [-0.4, -0.2) is 29.0 Å². The fourth-order valence-electron chi connectivity index (χ4n) is 3.84.